The normalized spacial score (nSPS) is 15.1. The van der Waals surface area contributed by atoms with Crippen molar-refractivity contribution >= 4 is 43.6 Å². The van der Waals surface area contributed by atoms with Gasteiger partial charge in [0.1, 0.15) is 0 Å². The Kier molecular flexibility index (Phi) is 5.47. The number of para-hydroxylation sites is 4. The van der Waals surface area contributed by atoms with Gasteiger partial charge in [0.2, 0.25) is 0 Å². The molecule has 10 rings (SSSR count). The first-order chi connectivity index (χ1) is 22.4. The molecule has 2 nitrogen and oxygen atoms in total. The summed E-state index contributed by atoms with van der Waals surface area (Å²) >= 11 is 0. The highest BCUT2D eigenvalue weighted by Gasteiger charge is 2.39. The van der Waals surface area contributed by atoms with Crippen LogP contribution in [0, 0.1) is 0 Å². The Morgan fingerprint density at radius 3 is 1.74 bits per heavy atom. The highest BCUT2D eigenvalue weighted by molar-refractivity contribution is 6.14. The van der Waals surface area contributed by atoms with Crippen LogP contribution < -0.4 is 0 Å². The topological polar surface area (TPSA) is 9.86 Å². The molecule has 0 amide bonds. The molecule has 0 N–H and O–H groups in total. The van der Waals surface area contributed by atoms with Gasteiger partial charge in [0, 0.05) is 38.1 Å². The average Bonchev–Trinajstić information content (AvgIpc) is 3.67. The summed E-state index contributed by atoms with van der Waals surface area (Å²) in [6.07, 6.45) is 0. The maximum atomic E-state index is 2.55. The van der Waals surface area contributed by atoms with Crippen LogP contribution in [0.4, 0.5) is 0 Å². The monoisotopic (exact) mass is 594 g/mol. The summed E-state index contributed by atoms with van der Waals surface area (Å²) in [5.41, 5.74) is 15.8. The van der Waals surface area contributed by atoms with Crippen LogP contribution in [0.1, 0.15) is 63.8 Å². The fourth-order valence-corrected chi connectivity index (χ4v) is 8.72. The van der Waals surface area contributed by atoms with E-state index in [-0.39, 0.29) is 10.8 Å². The largest absolute Gasteiger partial charge is 0.309 e. The highest BCUT2D eigenvalue weighted by atomic mass is 15.0. The van der Waals surface area contributed by atoms with Gasteiger partial charge in [-0.2, -0.15) is 0 Å². The fraction of sp³-hybridized carbons (Fsp3) is 0.182. The Balaban J connectivity index is 0.00000143. The third-order valence-electron chi connectivity index (χ3n) is 10.9. The van der Waals surface area contributed by atoms with Crippen LogP contribution in [-0.2, 0) is 10.8 Å². The molecule has 0 atom stereocenters. The van der Waals surface area contributed by atoms with Gasteiger partial charge in [0.15, 0.2) is 0 Å². The van der Waals surface area contributed by atoms with E-state index in [0.29, 0.717) is 0 Å². The molecule has 0 saturated heterocycles. The van der Waals surface area contributed by atoms with Gasteiger partial charge >= 0.3 is 0 Å². The van der Waals surface area contributed by atoms with Crippen molar-refractivity contribution in [3.05, 3.63) is 144 Å². The van der Waals surface area contributed by atoms with Crippen LogP contribution in [-0.4, -0.2) is 9.13 Å². The molecule has 2 heteroatoms. The lowest BCUT2D eigenvalue weighted by Crippen LogP contribution is -2.26. The van der Waals surface area contributed by atoms with Gasteiger partial charge in [-0.3, -0.25) is 0 Å². The van der Waals surface area contributed by atoms with Gasteiger partial charge in [0.05, 0.1) is 27.8 Å². The smallest absolute Gasteiger partial charge is 0.0582 e. The number of aromatic nitrogens is 2. The van der Waals surface area contributed by atoms with Crippen molar-refractivity contribution < 1.29 is 0 Å². The second-order valence-electron chi connectivity index (χ2n) is 13.8. The standard InChI is InChI=1S/C42H32N2.C2H6/c1-41(2)32-15-7-10-19-38(32)44-39-24-35-30(23-31(39)29-14-11-16-33(41)40(29)44)26-21-20-25(22-34(26)42(35,3)4)43-36-17-8-5-12-27(36)28-13-6-9-18-37(28)43;1-2/h5-24H,1-4H3;1-2H3. The Morgan fingerprint density at radius 2 is 1.00 bits per heavy atom. The first-order valence-electron chi connectivity index (χ1n) is 16.7. The molecule has 0 spiro atoms. The van der Waals surface area contributed by atoms with Crippen LogP contribution in [0.3, 0.4) is 0 Å². The van der Waals surface area contributed by atoms with Crippen LogP contribution in [0.15, 0.2) is 121 Å². The molecular weight excluding hydrogens is 556 g/mol. The van der Waals surface area contributed by atoms with Crippen molar-refractivity contribution in [2.75, 3.05) is 0 Å². The van der Waals surface area contributed by atoms with E-state index in [1.807, 2.05) is 13.8 Å². The van der Waals surface area contributed by atoms with Crippen molar-refractivity contribution in [2.24, 2.45) is 0 Å². The number of fused-ring (bicyclic) bond motifs is 11. The molecule has 0 saturated carbocycles. The van der Waals surface area contributed by atoms with Crippen molar-refractivity contribution in [3.8, 4) is 22.5 Å². The lowest BCUT2D eigenvalue weighted by Gasteiger charge is -2.34. The summed E-state index contributed by atoms with van der Waals surface area (Å²) in [7, 11) is 0. The molecule has 0 radical (unpaired) electrons. The van der Waals surface area contributed by atoms with E-state index in [0.717, 1.165) is 0 Å². The summed E-state index contributed by atoms with van der Waals surface area (Å²) in [6, 6.07) is 45.6. The van der Waals surface area contributed by atoms with Crippen LogP contribution in [0.2, 0.25) is 0 Å². The Hall–Kier alpha value is -5.08. The molecule has 2 aliphatic rings. The van der Waals surface area contributed by atoms with E-state index >= 15 is 0 Å². The summed E-state index contributed by atoms with van der Waals surface area (Å²) in [4.78, 5) is 0. The van der Waals surface area contributed by atoms with Crippen LogP contribution in [0.25, 0.3) is 66.1 Å². The number of rotatable bonds is 1. The molecule has 224 valence electrons. The zero-order chi connectivity index (χ0) is 31.5. The van der Waals surface area contributed by atoms with Crippen molar-refractivity contribution in [2.45, 2.75) is 52.4 Å². The minimum atomic E-state index is -0.138. The number of benzene rings is 6. The second-order valence-corrected chi connectivity index (χ2v) is 13.8. The zero-order valence-corrected chi connectivity index (χ0v) is 27.4. The maximum absolute atomic E-state index is 2.55. The van der Waals surface area contributed by atoms with E-state index < -0.39 is 0 Å². The van der Waals surface area contributed by atoms with E-state index in [2.05, 4.69) is 158 Å². The molecule has 0 unspecified atom stereocenters. The maximum Gasteiger partial charge on any atom is 0.0582 e. The molecule has 6 aromatic carbocycles. The van der Waals surface area contributed by atoms with Crippen LogP contribution in [0.5, 0.6) is 0 Å². The van der Waals surface area contributed by atoms with Gasteiger partial charge in [-0.25, -0.2) is 0 Å². The van der Waals surface area contributed by atoms with Gasteiger partial charge < -0.3 is 9.13 Å². The number of nitrogens with zero attached hydrogens (tertiary/aromatic N) is 2. The van der Waals surface area contributed by atoms with Gasteiger partial charge in [-0.05, 0) is 75.8 Å². The minimum Gasteiger partial charge on any atom is -0.309 e. The van der Waals surface area contributed by atoms with E-state index in [1.54, 1.807) is 0 Å². The molecular formula is C44H38N2. The van der Waals surface area contributed by atoms with E-state index in [4.69, 9.17) is 0 Å². The second kappa shape index (κ2) is 9.23. The molecule has 8 aromatic rings. The summed E-state index contributed by atoms with van der Waals surface area (Å²) < 4.78 is 4.98. The van der Waals surface area contributed by atoms with Crippen molar-refractivity contribution in [1.29, 1.82) is 0 Å². The fourth-order valence-electron chi connectivity index (χ4n) is 8.72. The third kappa shape index (κ3) is 3.27. The van der Waals surface area contributed by atoms with Gasteiger partial charge in [-0.1, -0.05) is 120 Å². The lowest BCUT2D eigenvalue weighted by molar-refractivity contribution is 0.630. The molecule has 1 aliphatic carbocycles. The van der Waals surface area contributed by atoms with Crippen molar-refractivity contribution in [3.63, 3.8) is 0 Å². The summed E-state index contributed by atoms with van der Waals surface area (Å²) in [5.74, 6) is 0. The Morgan fingerprint density at radius 1 is 0.413 bits per heavy atom. The number of hydrogen-bond acceptors (Lipinski definition) is 0. The predicted octanol–water partition coefficient (Wildman–Crippen LogP) is 11.9. The SMILES string of the molecule is CC.CC1(C)c2cc(-n3c4ccccc4c4ccccc43)ccc2-c2cc3c4cccc5c4n(c3cc21)-c1ccccc1C5(C)C. The molecule has 2 aromatic heterocycles. The molecule has 3 heterocycles. The average molecular weight is 595 g/mol. The Labute approximate surface area is 270 Å². The predicted molar refractivity (Wildman–Crippen MR) is 196 cm³/mol. The molecule has 1 aliphatic heterocycles. The minimum absolute atomic E-state index is 0.0573. The first kappa shape index (κ1) is 27.2. The van der Waals surface area contributed by atoms with E-state index in [1.165, 1.54) is 88.4 Å². The van der Waals surface area contributed by atoms with Gasteiger partial charge in [0.25, 0.3) is 0 Å². The van der Waals surface area contributed by atoms with Crippen molar-refractivity contribution in [1.82, 2.24) is 9.13 Å². The third-order valence-corrected chi connectivity index (χ3v) is 10.9. The zero-order valence-electron chi connectivity index (χ0n) is 27.4. The molecule has 0 bridgehead atoms. The van der Waals surface area contributed by atoms with E-state index in [9.17, 15) is 0 Å². The first-order valence-corrected chi connectivity index (χ1v) is 16.7. The summed E-state index contributed by atoms with van der Waals surface area (Å²) in [5, 5.41) is 5.27. The molecule has 46 heavy (non-hydrogen) atoms. The summed E-state index contributed by atoms with van der Waals surface area (Å²) in [6.45, 7) is 13.5. The number of hydrogen-bond donors (Lipinski definition) is 0. The quantitative estimate of drug-likeness (QED) is 0.179. The molecule has 0 fully saturated rings. The Bertz CT molecular complexity index is 2500. The van der Waals surface area contributed by atoms with Crippen LogP contribution >= 0.6 is 0 Å². The lowest BCUT2D eigenvalue weighted by atomic mass is 9.75. The van der Waals surface area contributed by atoms with Gasteiger partial charge in [-0.15, -0.1) is 0 Å². The highest BCUT2D eigenvalue weighted by Crippen LogP contribution is 2.54.